The minimum absolute atomic E-state index is 0.257. The molecule has 26 heavy (non-hydrogen) atoms. The van der Waals surface area contributed by atoms with Crippen molar-refractivity contribution in [1.82, 2.24) is 5.32 Å². The van der Waals surface area contributed by atoms with Gasteiger partial charge in [-0.3, -0.25) is 9.10 Å². The molecule has 140 valence electrons. The fraction of sp³-hybridized carbons (Fsp3) is 0.316. The van der Waals surface area contributed by atoms with E-state index in [4.69, 9.17) is 4.74 Å². The van der Waals surface area contributed by atoms with Gasteiger partial charge in [-0.2, -0.15) is 0 Å². The Kier molecular flexibility index (Phi) is 6.26. The third kappa shape index (κ3) is 5.23. The van der Waals surface area contributed by atoms with Gasteiger partial charge >= 0.3 is 0 Å². The lowest BCUT2D eigenvalue weighted by Crippen LogP contribution is -2.41. The first kappa shape index (κ1) is 19.8. The Balaban J connectivity index is 2.10. The molecule has 0 saturated carbocycles. The third-order valence-electron chi connectivity index (χ3n) is 4.00. The van der Waals surface area contributed by atoms with Gasteiger partial charge in [0.2, 0.25) is 15.9 Å². The van der Waals surface area contributed by atoms with Crippen LogP contribution < -0.4 is 14.4 Å². The van der Waals surface area contributed by atoms with E-state index in [-0.39, 0.29) is 18.5 Å². The average molecular weight is 376 g/mol. The maximum Gasteiger partial charge on any atom is 0.241 e. The molecule has 2 aromatic carbocycles. The van der Waals surface area contributed by atoms with E-state index in [2.05, 4.69) is 5.32 Å². The number of rotatable bonds is 7. The molecule has 0 heterocycles. The SMILES string of the molecule is COc1ccc([C@H](C)NC(=O)CN(c2ccc(C)cc2)S(C)(=O)=O)cc1. The van der Waals surface area contributed by atoms with E-state index in [0.717, 1.165) is 27.4 Å². The predicted molar refractivity (Wildman–Crippen MR) is 103 cm³/mol. The van der Waals surface area contributed by atoms with Gasteiger partial charge in [0, 0.05) is 0 Å². The maximum absolute atomic E-state index is 12.4. The van der Waals surface area contributed by atoms with Crippen molar-refractivity contribution in [1.29, 1.82) is 0 Å². The lowest BCUT2D eigenvalue weighted by atomic mass is 10.1. The molecule has 0 aliphatic carbocycles. The second kappa shape index (κ2) is 8.23. The second-order valence-corrected chi connectivity index (χ2v) is 8.07. The van der Waals surface area contributed by atoms with Crippen molar-refractivity contribution in [2.75, 3.05) is 24.2 Å². The van der Waals surface area contributed by atoms with Gasteiger partial charge in [0.15, 0.2) is 0 Å². The van der Waals surface area contributed by atoms with Crippen LogP contribution in [0, 0.1) is 6.92 Å². The highest BCUT2D eigenvalue weighted by atomic mass is 32.2. The van der Waals surface area contributed by atoms with Crippen LogP contribution in [0.4, 0.5) is 5.69 Å². The van der Waals surface area contributed by atoms with Crippen molar-refractivity contribution in [3.8, 4) is 5.75 Å². The molecular formula is C19H24N2O4S. The molecule has 1 amide bonds. The molecule has 0 saturated heterocycles. The summed E-state index contributed by atoms with van der Waals surface area (Å²) in [4.78, 5) is 12.4. The van der Waals surface area contributed by atoms with Gasteiger partial charge < -0.3 is 10.1 Å². The first-order chi connectivity index (χ1) is 12.2. The molecule has 0 aliphatic rings. The third-order valence-corrected chi connectivity index (χ3v) is 5.14. The highest BCUT2D eigenvalue weighted by Gasteiger charge is 2.21. The molecule has 0 bridgehead atoms. The van der Waals surface area contributed by atoms with Crippen LogP contribution in [0.5, 0.6) is 5.75 Å². The predicted octanol–water partition coefficient (Wildman–Crippen LogP) is 2.65. The largest absolute Gasteiger partial charge is 0.497 e. The topological polar surface area (TPSA) is 75.7 Å². The zero-order valence-corrected chi connectivity index (χ0v) is 16.2. The number of sulfonamides is 1. The van der Waals surface area contributed by atoms with Crippen LogP contribution in [0.2, 0.25) is 0 Å². The van der Waals surface area contributed by atoms with Crippen LogP contribution >= 0.6 is 0 Å². The van der Waals surface area contributed by atoms with E-state index in [1.54, 1.807) is 19.2 Å². The van der Waals surface area contributed by atoms with Crippen molar-refractivity contribution in [3.05, 3.63) is 59.7 Å². The summed E-state index contributed by atoms with van der Waals surface area (Å²) in [5.74, 6) is 0.356. The van der Waals surface area contributed by atoms with Crippen LogP contribution in [0.3, 0.4) is 0 Å². The summed E-state index contributed by atoms with van der Waals surface area (Å²) >= 11 is 0. The number of hydrogen-bond acceptors (Lipinski definition) is 4. The minimum atomic E-state index is -3.58. The standard InChI is InChI=1S/C19H24N2O4S/c1-14-5-9-17(10-6-14)21(26(4,23)24)13-19(22)20-15(2)16-7-11-18(25-3)12-8-16/h5-12,15H,13H2,1-4H3,(H,20,22)/t15-/m0/s1. The number of methoxy groups -OCH3 is 1. The monoisotopic (exact) mass is 376 g/mol. The van der Waals surface area contributed by atoms with Crippen LogP contribution in [-0.4, -0.2) is 34.2 Å². The summed E-state index contributed by atoms with van der Waals surface area (Å²) in [6, 6.07) is 14.1. The molecular weight excluding hydrogens is 352 g/mol. The van der Waals surface area contributed by atoms with Crippen molar-refractivity contribution in [2.45, 2.75) is 19.9 Å². The Morgan fingerprint density at radius 2 is 1.69 bits per heavy atom. The Labute approximate surface area is 154 Å². The molecule has 2 aromatic rings. The summed E-state index contributed by atoms with van der Waals surface area (Å²) in [6.07, 6.45) is 1.09. The number of nitrogens with zero attached hydrogens (tertiary/aromatic N) is 1. The molecule has 2 rings (SSSR count). The first-order valence-electron chi connectivity index (χ1n) is 8.18. The van der Waals surface area contributed by atoms with Crippen molar-refractivity contribution in [3.63, 3.8) is 0 Å². The van der Waals surface area contributed by atoms with E-state index in [1.165, 1.54) is 0 Å². The van der Waals surface area contributed by atoms with Crippen LogP contribution in [0.1, 0.15) is 24.1 Å². The van der Waals surface area contributed by atoms with Crippen LogP contribution in [0.25, 0.3) is 0 Å². The molecule has 6 nitrogen and oxygen atoms in total. The van der Waals surface area contributed by atoms with Gasteiger partial charge in [0.1, 0.15) is 12.3 Å². The number of nitrogens with one attached hydrogen (secondary N) is 1. The van der Waals surface area contributed by atoms with E-state index in [1.807, 2.05) is 50.2 Å². The molecule has 0 fully saturated rings. The normalized spacial score (nSPS) is 12.3. The van der Waals surface area contributed by atoms with Crippen molar-refractivity contribution < 1.29 is 17.9 Å². The Morgan fingerprint density at radius 1 is 1.12 bits per heavy atom. The summed E-state index contributed by atoms with van der Waals surface area (Å²) in [6.45, 7) is 3.48. The molecule has 0 aliphatic heterocycles. The molecule has 1 N–H and O–H groups in total. The number of ether oxygens (including phenoxy) is 1. The van der Waals surface area contributed by atoms with Gasteiger partial charge in [0.05, 0.1) is 25.1 Å². The van der Waals surface area contributed by atoms with Gasteiger partial charge in [0.25, 0.3) is 0 Å². The fourth-order valence-corrected chi connectivity index (χ4v) is 3.36. The maximum atomic E-state index is 12.4. The molecule has 1 atom stereocenters. The number of aryl methyl sites for hydroxylation is 1. The van der Waals surface area contributed by atoms with E-state index >= 15 is 0 Å². The van der Waals surface area contributed by atoms with Crippen molar-refractivity contribution in [2.24, 2.45) is 0 Å². The van der Waals surface area contributed by atoms with Gasteiger partial charge in [-0.15, -0.1) is 0 Å². The number of carbonyl (C=O) groups excluding carboxylic acids is 1. The van der Waals surface area contributed by atoms with E-state index in [9.17, 15) is 13.2 Å². The number of benzene rings is 2. The molecule has 0 radical (unpaired) electrons. The molecule has 0 unspecified atom stereocenters. The quantitative estimate of drug-likeness (QED) is 0.806. The number of carbonyl (C=O) groups is 1. The number of amides is 1. The van der Waals surface area contributed by atoms with Crippen molar-refractivity contribution >= 4 is 21.6 Å². The van der Waals surface area contributed by atoms with Gasteiger partial charge in [-0.05, 0) is 43.7 Å². The average Bonchev–Trinajstić information content (AvgIpc) is 2.59. The Bertz CT molecular complexity index is 846. The van der Waals surface area contributed by atoms with E-state index in [0.29, 0.717) is 5.69 Å². The fourth-order valence-electron chi connectivity index (χ4n) is 2.50. The van der Waals surface area contributed by atoms with Gasteiger partial charge in [-0.1, -0.05) is 29.8 Å². The first-order valence-corrected chi connectivity index (χ1v) is 10.0. The summed E-state index contributed by atoms with van der Waals surface area (Å²) in [5, 5.41) is 2.83. The number of anilines is 1. The van der Waals surface area contributed by atoms with Crippen LogP contribution in [0.15, 0.2) is 48.5 Å². The zero-order valence-electron chi connectivity index (χ0n) is 15.4. The minimum Gasteiger partial charge on any atom is -0.497 e. The molecule has 7 heteroatoms. The highest BCUT2D eigenvalue weighted by molar-refractivity contribution is 7.92. The van der Waals surface area contributed by atoms with Gasteiger partial charge in [-0.25, -0.2) is 8.42 Å². The Hall–Kier alpha value is -2.54. The smallest absolute Gasteiger partial charge is 0.241 e. The second-order valence-electron chi connectivity index (χ2n) is 6.17. The van der Waals surface area contributed by atoms with Crippen LogP contribution in [-0.2, 0) is 14.8 Å². The number of hydrogen-bond donors (Lipinski definition) is 1. The molecule has 0 aromatic heterocycles. The van der Waals surface area contributed by atoms with E-state index < -0.39 is 10.0 Å². The Morgan fingerprint density at radius 3 is 2.19 bits per heavy atom. The zero-order chi connectivity index (χ0) is 19.3. The lowest BCUT2D eigenvalue weighted by Gasteiger charge is -2.23. The summed E-state index contributed by atoms with van der Waals surface area (Å²) in [7, 11) is -1.99. The summed E-state index contributed by atoms with van der Waals surface area (Å²) in [5.41, 5.74) is 2.38. The molecule has 0 spiro atoms. The highest BCUT2D eigenvalue weighted by Crippen LogP contribution is 2.19. The summed E-state index contributed by atoms with van der Waals surface area (Å²) < 4.78 is 30.4. The lowest BCUT2D eigenvalue weighted by molar-refractivity contribution is -0.120.